The smallest absolute Gasteiger partial charge is 0.344 e. The number of benzene rings is 2. The van der Waals surface area contributed by atoms with Crippen molar-refractivity contribution in [2.24, 2.45) is 0 Å². The van der Waals surface area contributed by atoms with Gasteiger partial charge in [0.25, 0.3) is 0 Å². The Balaban J connectivity index is 2.40. The molecule has 116 valence electrons. The maximum Gasteiger partial charge on any atom is 0.344 e. The van der Waals surface area contributed by atoms with Gasteiger partial charge in [-0.05, 0) is 49.2 Å². The summed E-state index contributed by atoms with van der Waals surface area (Å²) in [5, 5.41) is 11.3. The molecule has 3 aromatic rings. The number of carbonyl (C=O) groups excluding carboxylic acids is 1. The van der Waals surface area contributed by atoms with Crippen molar-refractivity contribution in [2.75, 3.05) is 0 Å². The van der Waals surface area contributed by atoms with Crippen LogP contribution in [0.2, 0.25) is 5.02 Å². The van der Waals surface area contributed by atoms with E-state index in [2.05, 4.69) is 0 Å². The number of phenolic OH excluding ortho intramolecular Hbond substituents is 1. The Labute approximate surface area is 136 Å². The van der Waals surface area contributed by atoms with E-state index in [1.807, 2.05) is 0 Å². The van der Waals surface area contributed by atoms with E-state index in [0.717, 1.165) is 0 Å². The maximum absolute atomic E-state index is 12.3. The SMILES string of the molecule is CC(=O)c1ccc2oc(=O)c(-c3ccc(Cl)cc3)c(C)c2c1O. The standard InChI is InChI=1S/C18H13ClO4/c1-9-15(11-3-5-12(19)6-4-11)18(22)23-14-8-7-13(10(2)20)17(21)16(9)14/h3-8,21H,1-2H3. The summed E-state index contributed by atoms with van der Waals surface area (Å²) in [6, 6.07) is 9.73. The first kappa shape index (κ1) is 15.3. The van der Waals surface area contributed by atoms with Crippen LogP contribution in [-0.2, 0) is 0 Å². The van der Waals surface area contributed by atoms with E-state index in [1.165, 1.54) is 19.1 Å². The van der Waals surface area contributed by atoms with E-state index in [1.54, 1.807) is 31.2 Å². The number of hydrogen-bond donors (Lipinski definition) is 1. The lowest BCUT2D eigenvalue weighted by molar-refractivity contribution is 0.101. The highest BCUT2D eigenvalue weighted by atomic mass is 35.5. The summed E-state index contributed by atoms with van der Waals surface area (Å²) in [6.07, 6.45) is 0. The topological polar surface area (TPSA) is 67.5 Å². The van der Waals surface area contributed by atoms with Crippen molar-refractivity contribution >= 4 is 28.4 Å². The van der Waals surface area contributed by atoms with Crippen molar-refractivity contribution in [2.45, 2.75) is 13.8 Å². The molecule has 0 spiro atoms. The Morgan fingerprint density at radius 2 is 1.78 bits per heavy atom. The lowest BCUT2D eigenvalue weighted by Gasteiger charge is -2.11. The molecule has 23 heavy (non-hydrogen) atoms. The van der Waals surface area contributed by atoms with Crippen LogP contribution in [0.5, 0.6) is 5.75 Å². The fourth-order valence-corrected chi connectivity index (χ4v) is 2.81. The minimum Gasteiger partial charge on any atom is -0.506 e. The number of hydrogen-bond acceptors (Lipinski definition) is 4. The molecule has 0 aliphatic carbocycles. The molecule has 1 N–H and O–H groups in total. The van der Waals surface area contributed by atoms with E-state index in [4.69, 9.17) is 16.0 Å². The summed E-state index contributed by atoms with van der Waals surface area (Å²) < 4.78 is 5.31. The number of phenols is 1. The van der Waals surface area contributed by atoms with Crippen molar-refractivity contribution in [3.63, 3.8) is 0 Å². The largest absolute Gasteiger partial charge is 0.506 e. The summed E-state index contributed by atoms with van der Waals surface area (Å²) in [4.78, 5) is 23.9. The first-order valence-electron chi connectivity index (χ1n) is 6.96. The van der Waals surface area contributed by atoms with Crippen molar-refractivity contribution in [1.29, 1.82) is 0 Å². The number of aromatic hydroxyl groups is 1. The van der Waals surface area contributed by atoms with Gasteiger partial charge in [0, 0.05) is 5.02 Å². The first-order valence-corrected chi connectivity index (χ1v) is 7.34. The minimum atomic E-state index is -0.507. The van der Waals surface area contributed by atoms with Gasteiger partial charge >= 0.3 is 5.63 Å². The maximum atomic E-state index is 12.3. The second-order valence-corrected chi connectivity index (χ2v) is 5.72. The third-order valence-corrected chi connectivity index (χ3v) is 4.06. The van der Waals surface area contributed by atoms with Crippen LogP contribution in [0.1, 0.15) is 22.8 Å². The first-order chi connectivity index (χ1) is 10.9. The molecule has 1 aromatic heterocycles. The number of aryl methyl sites for hydroxylation is 1. The lowest BCUT2D eigenvalue weighted by Crippen LogP contribution is -2.07. The third-order valence-electron chi connectivity index (χ3n) is 3.81. The van der Waals surface area contributed by atoms with E-state index in [-0.39, 0.29) is 22.7 Å². The highest BCUT2D eigenvalue weighted by Crippen LogP contribution is 2.35. The molecule has 0 bridgehead atoms. The molecule has 0 unspecified atom stereocenters. The molecule has 0 amide bonds. The van der Waals surface area contributed by atoms with E-state index >= 15 is 0 Å². The average Bonchev–Trinajstić information content (AvgIpc) is 2.48. The van der Waals surface area contributed by atoms with Crippen LogP contribution in [0.4, 0.5) is 0 Å². The van der Waals surface area contributed by atoms with Gasteiger partial charge in [0.15, 0.2) is 5.78 Å². The van der Waals surface area contributed by atoms with Gasteiger partial charge in [-0.3, -0.25) is 4.79 Å². The van der Waals surface area contributed by atoms with E-state index in [9.17, 15) is 14.7 Å². The van der Waals surface area contributed by atoms with Crippen molar-refractivity contribution in [3.8, 4) is 16.9 Å². The Bertz CT molecular complexity index is 985. The fourth-order valence-electron chi connectivity index (χ4n) is 2.68. The second kappa shape index (κ2) is 5.56. The molecule has 0 radical (unpaired) electrons. The number of ketones is 1. The van der Waals surface area contributed by atoms with Gasteiger partial charge < -0.3 is 9.52 Å². The highest BCUT2D eigenvalue weighted by Gasteiger charge is 2.19. The van der Waals surface area contributed by atoms with Crippen LogP contribution in [-0.4, -0.2) is 10.9 Å². The van der Waals surface area contributed by atoms with Crippen molar-refractivity contribution in [1.82, 2.24) is 0 Å². The third kappa shape index (κ3) is 2.51. The number of carbonyl (C=O) groups is 1. The molecule has 3 rings (SSSR count). The zero-order valence-electron chi connectivity index (χ0n) is 12.5. The van der Waals surface area contributed by atoms with Crippen LogP contribution >= 0.6 is 11.6 Å². The van der Waals surface area contributed by atoms with Gasteiger partial charge in [-0.2, -0.15) is 0 Å². The Hall–Kier alpha value is -2.59. The van der Waals surface area contributed by atoms with E-state index in [0.29, 0.717) is 27.1 Å². The molecule has 0 saturated carbocycles. The molecule has 5 heteroatoms. The van der Waals surface area contributed by atoms with Crippen molar-refractivity contribution < 1.29 is 14.3 Å². The zero-order chi connectivity index (χ0) is 16.7. The predicted octanol–water partition coefficient (Wildman–Crippen LogP) is 4.33. The van der Waals surface area contributed by atoms with Gasteiger partial charge in [0.2, 0.25) is 0 Å². The summed E-state index contributed by atoms with van der Waals surface area (Å²) in [5.41, 5.74) is 1.45. The van der Waals surface area contributed by atoms with Crippen LogP contribution in [0.15, 0.2) is 45.6 Å². The monoisotopic (exact) mass is 328 g/mol. The summed E-state index contributed by atoms with van der Waals surface area (Å²) in [7, 11) is 0. The minimum absolute atomic E-state index is 0.175. The number of fused-ring (bicyclic) bond motifs is 1. The lowest BCUT2D eigenvalue weighted by atomic mass is 9.97. The van der Waals surface area contributed by atoms with Crippen LogP contribution in [0, 0.1) is 6.92 Å². The zero-order valence-corrected chi connectivity index (χ0v) is 13.3. The number of halogens is 1. The molecular weight excluding hydrogens is 316 g/mol. The highest BCUT2D eigenvalue weighted by molar-refractivity contribution is 6.30. The fraction of sp³-hybridized carbons (Fsp3) is 0.111. The van der Waals surface area contributed by atoms with Crippen molar-refractivity contribution in [3.05, 3.63) is 63.0 Å². The van der Waals surface area contributed by atoms with Gasteiger partial charge in [-0.15, -0.1) is 0 Å². The molecule has 4 nitrogen and oxygen atoms in total. The van der Waals surface area contributed by atoms with Crippen LogP contribution in [0.25, 0.3) is 22.1 Å². The second-order valence-electron chi connectivity index (χ2n) is 5.29. The molecule has 0 saturated heterocycles. The van der Waals surface area contributed by atoms with Gasteiger partial charge in [-0.1, -0.05) is 23.7 Å². The quantitative estimate of drug-likeness (QED) is 0.561. The molecule has 1 heterocycles. The Morgan fingerprint density at radius 1 is 1.13 bits per heavy atom. The predicted molar refractivity (Wildman–Crippen MR) is 89.3 cm³/mol. The molecule has 0 aliphatic heterocycles. The molecule has 0 aliphatic rings. The van der Waals surface area contributed by atoms with Gasteiger partial charge in [-0.25, -0.2) is 4.79 Å². The molecule has 0 atom stereocenters. The summed E-state index contributed by atoms with van der Waals surface area (Å²) in [6.45, 7) is 3.09. The van der Waals surface area contributed by atoms with E-state index < -0.39 is 5.63 Å². The van der Waals surface area contributed by atoms with Crippen LogP contribution < -0.4 is 5.63 Å². The number of Topliss-reactive ketones (excluding diaryl/α,β-unsaturated/α-hetero) is 1. The summed E-state index contributed by atoms with van der Waals surface area (Å²) >= 11 is 5.88. The molecule has 2 aromatic carbocycles. The average molecular weight is 329 g/mol. The van der Waals surface area contributed by atoms with Gasteiger partial charge in [0.1, 0.15) is 11.3 Å². The number of rotatable bonds is 2. The van der Waals surface area contributed by atoms with Crippen LogP contribution in [0.3, 0.4) is 0 Å². The Kier molecular flexibility index (Phi) is 3.70. The molecule has 0 fully saturated rings. The normalized spacial score (nSPS) is 10.9. The molecular formula is C18H13ClO4. The summed E-state index contributed by atoms with van der Waals surface area (Å²) in [5.74, 6) is -0.436. The Morgan fingerprint density at radius 3 is 2.39 bits per heavy atom. The van der Waals surface area contributed by atoms with Gasteiger partial charge in [0.05, 0.1) is 16.5 Å².